The van der Waals surface area contributed by atoms with E-state index in [9.17, 15) is 9.18 Å². The van der Waals surface area contributed by atoms with Crippen molar-refractivity contribution in [3.05, 3.63) is 35.3 Å². The zero-order chi connectivity index (χ0) is 19.7. The molecule has 150 valence electrons. The lowest BCUT2D eigenvalue weighted by Crippen LogP contribution is -2.52. The van der Waals surface area contributed by atoms with Crippen molar-refractivity contribution >= 4 is 16.8 Å². The number of pyridine rings is 1. The first-order chi connectivity index (χ1) is 13.6. The number of hydrogen-bond acceptors (Lipinski definition) is 4. The van der Waals surface area contributed by atoms with Crippen LogP contribution in [-0.2, 0) is 0 Å². The average Bonchev–Trinajstić information content (AvgIpc) is 2.73. The second-order valence-electron chi connectivity index (χ2n) is 7.95. The summed E-state index contributed by atoms with van der Waals surface area (Å²) < 4.78 is 19.2. The molecule has 6 heteroatoms. The lowest BCUT2D eigenvalue weighted by atomic mass is 9.94. The van der Waals surface area contributed by atoms with Crippen LogP contribution in [0, 0.1) is 12.7 Å². The van der Waals surface area contributed by atoms with Gasteiger partial charge in [-0.3, -0.25) is 9.69 Å². The molecule has 0 radical (unpaired) electrons. The summed E-state index contributed by atoms with van der Waals surface area (Å²) in [5, 5.41) is 0.596. The van der Waals surface area contributed by atoms with Crippen molar-refractivity contribution in [3.8, 4) is 5.75 Å². The molecule has 28 heavy (non-hydrogen) atoms. The smallest absolute Gasteiger partial charge is 0.272 e. The zero-order valence-corrected chi connectivity index (χ0v) is 16.7. The SMILES string of the molecule is COc1cc(C(=O)N2CCN(C3CCCCC3)CC2)nc2c(C)cc(F)cc12. The number of methoxy groups -OCH3 is 1. The number of carbonyl (C=O) groups excluding carboxylic acids is 1. The Morgan fingerprint density at radius 3 is 2.50 bits per heavy atom. The monoisotopic (exact) mass is 385 g/mol. The third-order valence-electron chi connectivity index (χ3n) is 6.16. The number of piperazine rings is 1. The summed E-state index contributed by atoms with van der Waals surface area (Å²) in [6.45, 7) is 5.09. The standard InChI is InChI=1S/C22H28FN3O2/c1-15-12-16(23)13-18-20(28-2)14-19(24-21(15)18)22(27)26-10-8-25(9-11-26)17-6-4-3-5-7-17/h12-14,17H,3-11H2,1-2H3. The molecule has 1 aliphatic heterocycles. The van der Waals surface area contributed by atoms with Crippen LogP contribution < -0.4 is 4.74 Å². The van der Waals surface area contributed by atoms with Gasteiger partial charge in [-0.25, -0.2) is 9.37 Å². The second-order valence-corrected chi connectivity index (χ2v) is 7.95. The Balaban J connectivity index is 1.53. The normalized spacial score (nSPS) is 19.2. The van der Waals surface area contributed by atoms with Crippen LogP contribution in [0.1, 0.15) is 48.2 Å². The molecule has 4 rings (SSSR count). The molecule has 1 aliphatic carbocycles. The predicted molar refractivity (Wildman–Crippen MR) is 107 cm³/mol. The number of halogens is 1. The molecular weight excluding hydrogens is 357 g/mol. The maximum atomic E-state index is 13.8. The molecule has 1 aromatic heterocycles. The Morgan fingerprint density at radius 2 is 1.82 bits per heavy atom. The maximum absolute atomic E-state index is 13.8. The van der Waals surface area contributed by atoms with Crippen molar-refractivity contribution in [2.45, 2.75) is 45.1 Å². The highest BCUT2D eigenvalue weighted by Gasteiger charge is 2.28. The minimum Gasteiger partial charge on any atom is -0.496 e. The molecule has 1 aromatic carbocycles. The Hall–Kier alpha value is -2.21. The number of hydrogen-bond donors (Lipinski definition) is 0. The van der Waals surface area contributed by atoms with Crippen molar-refractivity contribution in [1.29, 1.82) is 0 Å². The Morgan fingerprint density at radius 1 is 1.11 bits per heavy atom. The Kier molecular flexibility index (Phi) is 5.49. The molecular formula is C22H28FN3O2. The van der Waals surface area contributed by atoms with Crippen molar-refractivity contribution in [2.75, 3.05) is 33.3 Å². The number of rotatable bonds is 3. The average molecular weight is 385 g/mol. The van der Waals surface area contributed by atoms with E-state index in [0.717, 1.165) is 26.2 Å². The van der Waals surface area contributed by atoms with E-state index in [-0.39, 0.29) is 11.7 Å². The molecule has 0 bridgehead atoms. The van der Waals surface area contributed by atoms with E-state index in [1.54, 1.807) is 13.0 Å². The topological polar surface area (TPSA) is 45.7 Å². The third-order valence-corrected chi connectivity index (χ3v) is 6.16. The number of fused-ring (bicyclic) bond motifs is 1. The minimum atomic E-state index is -0.331. The number of carbonyl (C=O) groups is 1. The number of nitrogens with zero attached hydrogens (tertiary/aromatic N) is 3. The maximum Gasteiger partial charge on any atom is 0.272 e. The van der Waals surface area contributed by atoms with E-state index in [0.29, 0.717) is 34.0 Å². The van der Waals surface area contributed by atoms with Gasteiger partial charge in [-0.05, 0) is 37.5 Å². The third kappa shape index (κ3) is 3.70. The van der Waals surface area contributed by atoms with E-state index >= 15 is 0 Å². The number of amides is 1. The van der Waals surface area contributed by atoms with E-state index in [1.807, 2.05) is 4.90 Å². The van der Waals surface area contributed by atoms with Gasteiger partial charge in [-0.1, -0.05) is 19.3 Å². The van der Waals surface area contributed by atoms with Gasteiger partial charge < -0.3 is 9.64 Å². The number of aryl methyl sites for hydroxylation is 1. The van der Waals surface area contributed by atoms with Crippen molar-refractivity contribution in [2.24, 2.45) is 0 Å². The van der Waals surface area contributed by atoms with Crippen molar-refractivity contribution in [1.82, 2.24) is 14.8 Å². The van der Waals surface area contributed by atoms with Crippen LogP contribution in [0.25, 0.3) is 10.9 Å². The lowest BCUT2D eigenvalue weighted by Gasteiger charge is -2.40. The molecule has 2 fully saturated rings. The molecule has 1 saturated carbocycles. The molecule has 0 N–H and O–H groups in total. The number of ether oxygens (including phenoxy) is 1. The van der Waals surface area contributed by atoms with Crippen LogP contribution in [0.4, 0.5) is 4.39 Å². The fourth-order valence-corrected chi connectivity index (χ4v) is 4.60. The van der Waals surface area contributed by atoms with Gasteiger partial charge >= 0.3 is 0 Å². The molecule has 5 nitrogen and oxygen atoms in total. The molecule has 0 spiro atoms. The Labute approximate surface area is 165 Å². The quantitative estimate of drug-likeness (QED) is 0.807. The van der Waals surface area contributed by atoms with Gasteiger partial charge in [0, 0.05) is 43.7 Å². The number of benzene rings is 1. The highest BCUT2D eigenvalue weighted by molar-refractivity contribution is 5.97. The predicted octanol–water partition coefficient (Wildman–Crippen LogP) is 3.78. The van der Waals surface area contributed by atoms with Gasteiger partial charge in [0.1, 0.15) is 17.3 Å². The zero-order valence-electron chi connectivity index (χ0n) is 16.7. The van der Waals surface area contributed by atoms with Gasteiger partial charge in [0.25, 0.3) is 5.91 Å². The van der Waals surface area contributed by atoms with Crippen LogP contribution in [0.15, 0.2) is 18.2 Å². The fourth-order valence-electron chi connectivity index (χ4n) is 4.60. The first kappa shape index (κ1) is 19.1. The van der Waals surface area contributed by atoms with Gasteiger partial charge in [0.05, 0.1) is 12.6 Å². The molecule has 0 unspecified atom stereocenters. The first-order valence-corrected chi connectivity index (χ1v) is 10.2. The first-order valence-electron chi connectivity index (χ1n) is 10.2. The van der Waals surface area contributed by atoms with Crippen LogP contribution in [-0.4, -0.2) is 60.0 Å². The van der Waals surface area contributed by atoms with E-state index in [4.69, 9.17) is 4.74 Å². The minimum absolute atomic E-state index is 0.0766. The number of aromatic nitrogens is 1. The van der Waals surface area contributed by atoms with E-state index in [2.05, 4.69) is 9.88 Å². The van der Waals surface area contributed by atoms with Gasteiger partial charge in [-0.2, -0.15) is 0 Å². The van der Waals surface area contributed by atoms with Crippen LogP contribution in [0.3, 0.4) is 0 Å². The molecule has 1 saturated heterocycles. The van der Waals surface area contributed by atoms with Crippen molar-refractivity contribution < 1.29 is 13.9 Å². The van der Waals surface area contributed by atoms with Crippen LogP contribution >= 0.6 is 0 Å². The largest absolute Gasteiger partial charge is 0.496 e. The van der Waals surface area contributed by atoms with Gasteiger partial charge in [0.2, 0.25) is 0 Å². The fraction of sp³-hybridized carbons (Fsp3) is 0.545. The summed E-state index contributed by atoms with van der Waals surface area (Å²) in [7, 11) is 1.53. The molecule has 1 amide bonds. The lowest BCUT2D eigenvalue weighted by molar-refractivity contribution is 0.0518. The Bertz CT molecular complexity index is 872. The molecule has 0 atom stereocenters. The van der Waals surface area contributed by atoms with E-state index in [1.165, 1.54) is 51.3 Å². The summed E-state index contributed by atoms with van der Waals surface area (Å²) in [4.78, 5) is 22.1. The van der Waals surface area contributed by atoms with Crippen LogP contribution in [0.5, 0.6) is 5.75 Å². The summed E-state index contributed by atoms with van der Waals surface area (Å²) in [5.74, 6) is 0.0759. The summed E-state index contributed by atoms with van der Waals surface area (Å²) in [6, 6.07) is 5.16. The van der Waals surface area contributed by atoms with Crippen molar-refractivity contribution in [3.63, 3.8) is 0 Å². The highest BCUT2D eigenvalue weighted by atomic mass is 19.1. The summed E-state index contributed by atoms with van der Waals surface area (Å²) in [6.07, 6.45) is 6.57. The van der Waals surface area contributed by atoms with Gasteiger partial charge in [0.15, 0.2) is 0 Å². The summed E-state index contributed by atoms with van der Waals surface area (Å²) in [5.41, 5.74) is 1.68. The molecule has 2 heterocycles. The van der Waals surface area contributed by atoms with E-state index < -0.39 is 0 Å². The molecule has 2 aliphatic rings. The summed E-state index contributed by atoms with van der Waals surface area (Å²) >= 11 is 0. The highest BCUT2D eigenvalue weighted by Crippen LogP contribution is 2.29. The molecule has 2 aromatic rings. The van der Waals surface area contributed by atoms with Crippen LogP contribution in [0.2, 0.25) is 0 Å². The second kappa shape index (κ2) is 8.03. The van der Waals surface area contributed by atoms with Gasteiger partial charge in [-0.15, -0.1) is 0 Å².